The Morgan fingerprint density at radius 1 is 0.972 bits per heavy atom. The maximum Gasteiger partial charge on any atom is 0.345 e. The number of rotatable bonds is 12. The molecule has 0 radical (unpaired) electrons. The first-order chi connectivity index (χ1) is 17.5. The predicted octanol–water partition coefficient (Wildman–Crippen LogP) is 5.28. The van der Waals surface area contributed by atoms with E-state index in [1.807, 2.05) is 0 Å². The van der Waals surface area contributed by atoms with Crippen LogP contribution in [0.3, 0.4) is 0 Å². The van der Waals surface area contributed by atoms with Crippen LogP contribution in [0, 0.1) is 0 Å². The first-order valence-electron chi connectivity index (χ1n) is 11.3. The Hall–Kier alpha value is -4.04. The van der Waals surface area contributed by atoms with Gasteiger partial charge < -0.3 is 18.9 Å². The maximum atomic E-state index is 12.4. The average Bonchev–Trinajstić information content (AvgIpc) is 2.89. The second-order valence-corrected chi connectivity index (χ2v) is 7.94. The molecule has 1 N–H and O–H groups in total. The van der Waals surface area contributed by atoms with Crippen LogP contribution in [0.15, 0.2) is 71.8 Å². The third-order valence-corrected chi connectivity index (χ3v) is 5.18. The van der Waals surface area contributed by atoms with E-state index in [0.29, 0.717) is 28.7 Å². The molecule has 0 aliphatic heterocycles. The van der Waals surface area contributed by atoms with E-state index >= 15 is 0 Å². The molecule has 0 saturated carbocycles. The number of benzene rings is 3. The Bertz CT molecular complexity index is 1200. The van der Waals surface area contributed by atoms with Crippen LogP contribution in [0.5, 0.6) is 23.0 Å². The number of carbonyl (C=O) groups excluding carboxylic acids is 2. The van der Waals surface area contributed by atoms with Crippen molar-refractivity contribution in [2.75, 3.05) is 20.3 Å². The molecular weight excluding hydrogens is 484 g/mol. The van der Waals surface area contributed by atoms with Crippen LogP contribution < -0.4 is 24.4 Å². The van der Waals surface area contributed by atoms with Crippen LogP contribution in [0.25, 0.3) is 0 Å². The smallest absolute Gasteiger partial charge is 0.345 e. The quantitative estimate of drug-likeness (QED) is 0.117. The number of esters is 1. The molecule has 0 aromatic heterocycles. The number of hydrazone groups is 1. The van der Waals surface area contributed by atoms with Gasteiger partial charge in [0.1, 0.15) is 11.5 Å². The monoisotopic (exact) mass is 510 g/mol. The molecule has 9 heteroatoms. The van der Waals surface area contributed by atoms with Gasteiger partial charge in [0.25, 0.3) is 5.91 Å². The van der Waals surface area contributed by atoms with Gasteiger partial charge in [-0.25, -0.2) is 10.2 Å². The molecule has 3 aromatic carbocycles. The van der Waals surface area contributed by atoms with Crippen molar-refractivity contribution >= 4 is 29.7 Å². The molecule has 36 heavy (non-hydrogen) atoms. The molecule has 0 unspecified atom stereocenters. The van der Waals surface area contributed by atoms with Crippen molar-refractivity contribution in [3.8, 4) is 23.0 Å². The summed E-state index contributed by atoms with van der Waals surface area (Å²) in [5.41, 5.74) is 3.26. The SMILES string of the molecule is CCCCOc1ccc(OCC(=O)N/N=C\c2ccc(OC(=O)c3ccccc3Cl)c(OC)c2)cc1. The molecule has 188 valence electrons. The number of hydrogen-bond acceptors (Lipinski definition) is 7. The summed E-state index contributed by atoms with van der Waals surface area (Å²) in [5, 5.41) is 4.22. The molecule has 0 saturated heterocycles. The zero-order valence-electron chi connectivity index (χ0n) is 20.0. The summed E-state index contributed by atoms with van der Waals surface area (Å²) in [6, 6.07) is 18.5. The van der Waals surface area contributed by atoms with Gasteiger partial charge >= 0.3 is 5.97 Å². The van der Waals surface area contributed by atoms with E-state index < -0.39 is 11.9 Å². The van der Waals surface area contributed by atoms with Crippen molar-refractivity contribution in [1.29, 1.82) is 0 Å². The second kappa shape index (κ2) is 13.7. The molecule has 0 aliphatic carbocycles. The Labute approximate surface area is 214 Å². The van der Waals surface area contributed by atoms with Gasteiger partial charge in [-0.15, -0.1) is 0 Å². The lowest BCUT2D eigenvalue weighted by atomic mass is 10.2. The summed E-state index contributed by atoms with van der Waals surface area (Å²) in [7, 11) is 1.45. The van der Waals surface area contributed by atoms with Crippen molar-refractivity contribution in [1.82, 2.24) is 5.43 Å². The van der Waals surface area contributed by atoms with Gasteiger partial charge in [0.2, 0.25) is 0 Å². The summed E-state index contributed by atoms with van der Waals surface area (Å²) in [6.07, 6.45) is 3.49. The molecule has 0 spiro atoms. The minimum absolute atomic E-state index is 0.201. The van der Waals surface area contributed by atoms with E-state index in [0.717, 1.165) is 18.6 Å². The Morgan fingerprint density at radius 2 is 1.69 bits per heavy atom. The number of ether oxygens (including phenoxy) is 4. The van der Waals surface area contributed by atoms with Crippen LogP contribution in [0.2, 0.25) is 5.02 Å². The van der Waals surface area contributed by atoms with E-state index in [2.05, 4.69) is 17.5 Å². The first kappa shape index (κ1) is 26.6. The fourth-order valence-electron chi connectivity index (χ4n) is 2.96. The highest BCUT2D eigenvalue weighted by Crippen LogP contribution is 2.29. The molecule has 8 nitrogen and oxygen atoms in total. The molecule has 0 atom stereocenters. The third kappa shape index (κ3) is 8.02. The van der Waals surface area contributed by atoms with Crippen LogP contribution in [0.1, 0.15) is 35.7 Å². The van der Waals surface area contributed by atoms with Crippen molar-refractivity contribution in [2.24, 2.45) is 5.10 Å². The van der Waals surface area contributed by atoms with Crippen LogP contribution >= 0.6 is 11.6 Å². The van der Waals surface area contributed by atoms with Gasteiger partial charge in [-0.1, -0.05) is 37.1 Å². The van der Waals surface area contributed by atoms with Crippen molar-refractivity contribution in [3.05, 3.63) is 82.9 Å². The lowest BCUT2D eigenvalue weighted by Gasteiger charge is -2.10. The lowest BCUT2D eigenvalue weighted by molar-refractivity contribution is -0.123. The van der Waals surface area contributed by atoms with Gasteiger partial charge in [0, 0.05) is 0 Å². The van der Waals surface area contributed by atoms with Crippen molar-refractivity contribution in [2.45, 2.75) is 19.8 Å². The highest BCUT2D eigenvalue weighted by molar-refractivity contribution is 6.33. The number of amides is 1. The largest absolute Gasteiger partial charge is 0.494 e. The van der Waals surface area contributed by atoms with Crippen molar-refractivity contribution in [3.63, 3.8) is 0 Å². The van der Waals surface area contributed by atoms with Gasteiger partial charge in [-0.2, -0.15) is 5.10 Å². The Morgan fingerprint density at radius 3 is 2.39 bits per heavy atom. The van der Waals surface area contributed by atoms with Crippen LogP contribution in [-0.4, -0.2) is 38.4 Å². The van der Waals surface area contributed by atoms with E-state index in [9.17, 15) is 9.59 Å². The average molecular weight is 511 g/mol. The van der Waals surface area contributed by atoms with Crippen molar-refractivity contribution < 1.29 is 28.5 Å². The fourth-order valence-corrected chi connectivity index (χ4v) is 3.17. The second-order valence-electron chi connectivity index (χ2n) is 7.53. The first-order valence-corrected chi connectivity index (χ1v) is 11.7. The van der Waals surface area contributed by atoms with Gasteiger partial charge in [-0.3, -0.25) is 4.79 Å². The zero-order chi connectivity index (χ0) is 25.8. The molecule has 3 rings (SSSR count). The number of halogens is 1. The molecular formula is C27H27ClN2O6. The molecule has 0 bridgehead atoms. The predicted molar refractivity (Wildman–Crippen MR) is 137 cm³/mol. The summed E-state index contributed by atoms with van der Waals surface area (Å²) in [5.74, 6) is 0.807. The summed E-state index contributed by atoms with van der Waals surface area (Å²) in [4.78, 5) is 24.5. The number of carbonyl (C=O) groups is 2. The van der Waals surface area contributed by atoms with E-state index in [1.54, 1.807) is 66.7 Å². The number of methoxy groups -OCH3 is 1. The number of hydrogen-bond donors (Lipinski definition) is 1. The molecule has 1 amide bonds. The number of nitrogens with zero attached hydrogens (tertiary/aromatic N) is 1. The highest BCUT2D eigenvalue weighted by atomic mass is 35.5. The van der Waals surface area contributed by atoms with Gasteiger partial charge in [0.05, 0.1) is 30.5 Å². The third-order valence-electron chi connectivity index (χ3n) is 4.85. The summed E-state index contributed by atoms with van der Waals surface area (Å²) < 4.78 is 21.8. The number of unbranched alkanes of at least 4 members (excludes halogenated alkanes) is 1. The fraction of sp³-hybridized carbons (Fsp3) is 0.222. The Balaban J connectivity index is 1.49. The van der Waals surface area contributed by atoms with Crippen LogP contribution in [0.4, 0.5) is 0 Å². The molecule has 0 fully saturated rings. The molecule has 3 aromatic rings. The van der Waals surface area contributed by atoms with Gasteiger partial charge in [-0.05, 0) is 66.6 Å². The minimum atomic E-state index is -0.605. The Kier molecular flexibility index (Phi) is 10.1. The lowest BCUT2D eigenvalue weighted by Crippen LogP contribution is -2.24. The zero-order valence-corrected chi connectivity index (χ0v) is 20.8. The molecule has 0 aliphatic rings. The van der Waals surface area contributed by atoms with E-state index in [-0.39, 0.29) is 17.9 Å². The minimum Gasteiger partial charge on any atom is -0.494 e. The van der Waals surface area contributed by atoms with E-state index in [4.69, 9.17) is 30.5 Å². The standard InChI is InChI=1S/C27H27ClN2O6/c1-3-4-15-34-20-10-12-21(13-11-20)35-18-26(31)30-29-17-19-9-14-24(25(16-19)33-2)36-27(32)22-7-5-6-8-23(22)28/h5-14,16-17H,3-4,15,18H2,1-2H3,(H,30,31)/b29-17-. The highest BCUT2D eigenvalue weighted by Gasteiger charge is 2.15. The van der Waals surface area contributed by atoms with Crippen LogP contribution in [-0.2, 0) is 4.79 Å². The topological polar surface area (TPSA) is 95.5 Å². The molecule has 0 heterocycles. The normalized spacial score (nSPS) is 10.6. The number of nitrogens with one attached hydrogen (secondary N) is 1. The van der Waals surface area contributed by atoms with Gasteiger partial charge in [0.15, 0.2) is 18.1 Å². The summed E-state index contributed by atoms with van der Waals surface area (Å²) in [6.45, 7) is 2.57. The summed E-state index contributed by atoms with van der Waals surface area (Å²) >= 11 is 6.05. The maximum absolute atomic E-state index is 12.4. The van der Waals surface area contributed by atoms with E-state index in [1.165, 1.54) is 13.3 Å².